The Labute approximate surface area is 188 Å². The summed E-state index contributed by atoms with van der Waals surface area (Å²) in [5.74, 6) is -2.96. The predicted molar refractivity (Wildman–Crippen MR) is 115 cm³/mol. The molecule has 31 heavy (non-hydrogen) atoms. The maximum Gasteiger partial charge on any atom is 0.311 e. The zero-order chi connectivity index (χ0) is 22.5. The van der Waals surface area contributed by atoms with Gasteiger partial charge in [0.15, 0.2) is 6.61 Å². The van der Waals surface area contributed by atoms with Crippen LogP contribution < -0.4 is 10.7 Å². The molecule has 0 aliphatic carbocycles. The molecule has 1 fully saturated rings. The molecule has 8 nitrogen and oxygen atoms in total. The van der Waals surface area contributed by atoms with E-state index in [1.807, 2.05) is 0 Å². The molecule has 3 rings (SSSR count). The Morgan fingerprint density at radius 3 is 2.55 bits per heavy atom. The molecular weight excluding hydrogens is 445 g/mol. The normalized spacial score (nSPS) is 15.5. The minimum absolute atomic E-state index is 0.0496. The number of hydrazine groups is 1. The SMILES string of the molecule is Cc1c(Cl)cccc1NC(=O)COC(=O)[C@H]1CC(=O)N(NC(=O)c2ccc(Cl)cc2)C1. The third-order valence-corrected chi connectivity index (χ3v) is 5.35. The molecule has 0 bridgehead atoms. The van der Waals surface area contributed by atoms with Gasteiger partial charge in [-0.15, -0.1) is 0 Å². The maximum atomic E-state index is 12.3. The van der Waals surface area contributed by atoms with Gasteiger partial charge in [-0.3, -0.25) is 29.6 Å². The van der Waals surface area contributed by atoms with Crippen molar-refractivity contribution in [3.05, 3.63) is 63.6 Å². The first-order valence-electron chi connectivity index (χ1n) is 9.33. The van der Waals surface area contributed by atoms with Crippen molar-refractivity contribution >= 4 is 52.6 Å². The van der Waals surface area contributed by atoms with E-state index in [4.69, 9.17) is 27.9 Å². The van der Waals surface area contributed by atoms with Crippen LogP contribution in [0.25, 0.3) is 0 Å². The lowest BCUT2D eigenvalue weighted by Crippen LogP contribution is -2.43. The first-order valence-corrected chi connectivity index (χ1v) is 10.1. The number of anilines is 1. The number of ether oxygens (including phenoxy) is 1. The summed E-state index contributed by atoms with van der Waals surface area (Å²) < 4.78 is 5.04. The number of hydrogen-bond donors (Lipinski definition) is 2. The van der Waals surface area contributed by atoms with Crippen molar-refractivity contribution in [3.63, 3.8) is 0 Å². The minimum Gasteiger partial charge on any atom is -0.455 e. The number of carbonyl (C=O) groups excluding carboxylic acids is 4. The Balaban J connectivity index is 1.49. The van der Waals surface area contributed by atoms with E-state index in [0.29, 0.717) is 26.9 Å². The fourth-order valence-corrected chi connectivity index (χ4v) is 3.25. The van der Waals surface area contributed by atoms with E-state index < -0.39 is 36.2 Å². The van der Waals surface area contributed by atoms with Gasteiger partial charge in [0.05, 0.1) is 12.5 Å². The van der Waals surface area contributed by atoms with E-state index >= 15 is 0 Å². The highest BCUT2D eigenvalue weighted by Gasteiger charge is 2.36. The van der Waals surface area contributed by atoms with E-state index in [1.165, 1.54) is 12.1 Å². The molecule has 1 saturated heterocycles. The number of nitrogens with one attached hydrogen (secondary N) is 2. The zero-order valence-corrected chi connectivity index (χ0v) is 18.0. The largest absolute Gasteiger partial charge is 0.455 e. The van der Waals surface area contributed by atoms with Crippen LogP contribution in [0.5, 0.6) is 0 Å². The average Bonchev–Trinajstić information content (AvgIpc) is 3.10. The fourth-order valence-electron chi connectivity index (χ4n) is 2.95. The van der Waals surface area contributed by atoms with Crippen LogP contribution in [-0.2, 0) is 19.1 Å². The summed E-state index contributed by atoms with van der Waals surface area (Å²) in [5.41, 5.74) is 3.98. The standard InChI is InChI=1S/C21H19Cl2N3O5/c1-12-16(23)3-2-4-17(12)24-18(27)11-31-21(30)14-9-19(28)26(10-14)25-20(29)13-5-7-15(22)8-6-13/h2-8,14H,9-11H2,1H3,(H,24,27)(H,25,29)/t14-/m0/s1. The van der Waals surface area contributed by atoms with Crippen LogP contribution in [0, 0.1) is 12.8 Å². The zero-order valence-electron chi connectivity index (χ0n) is 16.5. The van der Waals surface area contributed by atoms with Gasteiger partial charge in [-0.1, -0.05) is 29.3 Å². The van der Waals surface area contributed by atoms with Crippen molar-refractivity contribution in [2.75, 3.05) is 18.5 Å². The van der Waals surface area contributed by atoms with E-state index in [9.17, 15) is 19.2 Å². The van der Waals surface area contributed by atoms with Gasteiger partial charge in [0, 0.05) is 27.7 Å². The van der Waals surface area contributed by atoms with Crippen LogP contribution in [-0.4, -0.2) is 41.9 Å². The second kappa shape index (κ2) is 9.80. The number of hydrogen-bond acceptors (Lipinski definition) is 5. The molecule has 1 heterocycles. The van der Waals surface area contributed by atoms with Crippen LogP contribution >= 0.6 is 23.2 Å². The molecule has 2 N–H and O–H groups in total. The first kappa shape index (κ1) is 22.6. The van der Waals surface area contributed by atoms with Gasteiger partial charge in [0.25, 0.3) is 11.8 Å². The summed E-state index contributed by atoms with van der Waals surface area (Å²) in [7, 11) is 0. The molecule has 1 aliphatic heterocycles. The molecule has 0 unspecified atom stereocenters. The van der Waals surface area contributed by atoms with Gasteiger partial charge >= 0.3 is 5.97 Å². The molecule has 1 aliphatic rings. The molecule has 2 aromatic carbocycles. The number of nitrogens with zero attached hydrogens (tertiary/aromatic N) is 1. The summed E-state index contributed by atoms with van der Waals surface area (Å²) in [6.45, 7) is 1.19. The highest BCUT2D eigenvalue weighted by molar-refractivity contribution is 6.31. The molecule has 0 radical (unpaired) electrons. The third-order valence-electron chi connectivity index (χ3n) is 4.69. The summed E-state index contributed by atoms with van der Waals surface area (Å²) in [6.07, 6.45) is -0.130. The Morgan fingerprint density at radius 1 is 1.13 bits per heavy atom. The lowest BCUT2D eigenvalue weighted by atomic mass is 10.1. The van der Waals surface area contributed by atoms with E-state index in [1.54, 1.807) is 37.3 Å². The van der Waals surface area contributed by atoms with Gasteiger partial charge in [-0.25, -0.2) is 0 Å². The minimum atomic E-state index is -0.793. The van der Waals surface area contributed by atoms with E-state index in [0.717, 1.165) is 5.01 Å². The number of carbonyl (C=O) groups is 4. The van der Waals surface area contributed by atoms with Crippen LogP contribution in [0.4, 0.5) is 5.69 Å². The molecule has 0 spiro atoms. The third kappa shape index (κ3) is 5.74. The Hall–Kier alpha value is -3.10. The van der Waals surface area contributed by atoms with Crippen molar-refractivity contribution < 1.29 is 23.9 Å². The molecule has 0 saturated carbocycles. The molecular formula is C21H19Cl2N3O5. The lowest BCUT2D eigenvalue weighted by molar-refractivity contribution is -0.151. The predicted octanol–water partition coefficient (Wildman–Crippen LogP) is 2.98. The van der Waals surface area contributed by atoms with Crippen molar-refractivity contribution in [2.24, 2.45) is 5.92 Å². The van der Waals surface area contributed by atoms with Crippen LogP contribution in [0.3, 0.4) is 0 Å². The van der Waals surface area contributed by atoms with Gasteiger partial charge in [-0.2, -0.15) is 0 Å². The number of amides is 3. The fraction of sp³-hybridized carbons (Fsp3) is 0.238. The van der Waals surface area contributed by atoms with E-state index in [2.05, 4.69) is 10.7 Å². The Bertz CT molecular complexity index is 1030. The molecule has 1 atom stereocenters. The second-order valence-corrected chi connectivity index (χ2v) is 7.77. The van der Waals surface area contributed by atoms with Crippen LogP contribution in [0.15, 0.2) is 42.5 Å². The molecule has 3 amide bonds. The van der Waals surface area contributed by atoms with Gasteiger partial charge in [0.2, 0.25) is 5.91 Å². The topological polar surface area (TPSA) is 105 Å². The monoisotopic (exact) mass is 463 g/mol. The number of halogens is 2. The molecule has 162 valence electrons. The van der Waals surface area contributed by atoms with Gasteiger partial charge in [-0.05, 0) is 48.9 Å². The number of esters is 1. The van der Waals surface area contributed by atoms with Gasteiger partial charge < -0.3 is 10.1 Å². The molecule has 10 heteroatoms. The van der Waals surface area contributed by atoms with Crippen molar-refractivity contribution in [2.45, 2.75) is 13.3 Å². The molecule has 2 aromatic rings. The summed E-state index contributed by atoms with van der Waals surface area (Å²) in [4.78, 5) is 48.7. The van der Waals surface area contributed by atoms with Crippen molar-refractivity contribution in [1.29, 1.82) is 0 Å². The maximum absolute atomic E-state index is 12.3. The first-order chi connectivity index (χ1) is 14.7. The average molecular weight is 464 g/mol. The quantitative estimate of drug-likeness (QED) is 0.640. The smallest absolute Gasteiger partial charge is 0.311 e. The van der Waals surface area contributed by atoms with Gasteiger partial charge in [0.1, 0.15) is 0 Å². The number of benzene rings is 2. The number of rotatable bonds is 6. The summed E-state index contributed by atoms with van der Waals surface area (Å²) >= 11 is 11.8. The highest BCUT2D eigenvalue weighted by atomic mass is 35.5. The van der Waals surface area contributed by atoms with E-state index in [-0.39, 0.29) is 13.0 Å². The summed E-state index contributed by atoms with van der Waals surface area (Å²) in [6, 6.07) is 11.2. The Kier molecular flexibility index (Phi) is 7.14. The van der Waals surface area contributed by atoms with Crippen LogP contribution in [0.2, 0.25) is 10.0 Å². The second-order valence-electron chi connectivity index (χ2n) is 6.92. The van der Waals surface area contributed by atoms with Crippen molar-refractivity contribution in [1.82, 2.24) is 10.4 Å². The molecule has 0 aromatic heterocycles. The lowest BCUT2D eigenvalue weighted by Gasteiger charge is -2.17. The highest BCUT2D eigenvalue weighted by Crippen LogP contribution is 2.23. The van der Waals surface area contributed by atoms with Crippen molar-refractivity contribution in [3.8, 4) is 0 Å². The Morgan fingerprint density at radius 2 is 1.84 bits per heavy atom. The van der Waals surface area contributed by atoms with Crippen LogP contribution in [0.1, 0.15) is 22.3 Å². The summed E-state index contributed by atoms with van der Waals surface area (Å²) in [5, 5.41) is 4.66.